The van der Waals surface area contributed by atoms with Crippen molar-refractivity contribution in [3.8, 4) is 0 Å². The summed E-state index contributed by atoms with van der Waals surface area (Å²) in [6.45, 7) is 5.77. The summed E-state index contributed by atoms with van der Waals surface area (Å²) in [4.78, 5) is 0. The maximum Gasteiger partial charge on any atom is 0.0297 e. The van der Waals surface area contributed by atoms with E-state index >= 15 is 0 Å². The molecule has 1 aromatic carbocycles. The van der Waals surface area contributed by atoms with Crippen LogP contribution >= 0.6 is 0 Å². The van der Waals surface area contributed by atoms with Gasteiger partial charge in [-0.3, -0.25) is 0 Å². The van der Waals surface area contributed by atoms with Crippen LogP contribution in [0.15, 0.2) is 36.9 Å². The average molecular weight is 175 g/mol. The zero-order valence-electron chi connectivity index (χ0n) is 8.16. The Hall–Kier alpha value is -1.08. The summed E-state index contributed by atoms with van der Waals surface area (Å²) in [5.74, 6) is 0. The number of nitrogens with two attached hydrogens (primary N) is 1. The molecule has 1 atom stereocenters. The lowest BCUT2D eigenvalue weighted by atomic mass is 10.0. The van der Waals surface area contributed by atoms with Crippen LogP contribution in [0.1, 0.15) is 30.0 Å². The molecule has 1 aromatic rings. The molecule has 0 heterocycles. The molecule has 0 aliphatic heterocycles. The smallest absolute Gasteiger partial charge is 0.0297 e. The standard InChI is InChI=1S/C12H17N/c1-3-4-5-12(13)11-8-6-10(2)7-9-11/h3,6-9,12H,1,4-5,13H2,2H3/t12-/m1/s1. The highest BCUT2D eigenvalue weighted by Crippen LogP contribution is 2.16. The van der Waals surface area contributed by atoms with Crippen molar-refractivity contribution in [1.82, 2.24) is 0 Å². The first kappa shape index (κ1) is 10.0. The molecule has 70 valence electrons. The van der Waals surface area contributed by atoms with E-state index in [1.165, 1.54) is 11.1 Å². The molecule has 0 aliphatic carbocycles. The molecule has 0 spiro atoms. The third-order valence-electron chi connectivity index (χ3n) is 2.19. The fourth-order valence-corrected chi connectivity index (χ4v) is 1.28. The van der Waals surface area contributed by atoms with Gasteiger partial charge >= 0.3 is 0 Å². The van der Waals surface area contributed by atoms with Crippen LogP contribution in [0.2, 0.25) is 0 Å². The molecule has 1 nitrogen and oxygen atoms in total. The highest BCUT2D eigenvalue weighted by atomic mass is 14.6. The molecule has 0 aromatic heterocycles. The molecule has 0 saturated heterocycles. The molecule has 2 N–H and O–H groups in total. The zero-order chi connectivity index (χ0) is 9.68. The van der Waals surface area contributed by atoms with Crippen molar-refractivity contribution in [2.75, 3.05) is 0 Å². The van der Waals surface area contributed by atoms with E-state index in [2.05, 4.69) is 37.8 Å². The Morgan fingerprint density at radius 3 is 2.54 bits per heavy atom. The SMILES string of the molecule is C=CCC[C@@H](N)c1ccc(C)cc1. The van der Waals surface area contributed by atoms with E-state index in [1.807, 2.05) is 6.08 Å². The summed E-state index contributed by atoms with van der Waals surface area (Å²) in [7, 11) is 0. The van der Waals surface area contributed by atoms with Gasteiger partial charge in [-0.2, -0.15) is 0 Å². The van der Waals surface area contributed by atoms with Crippen LogP contribution in [-0.2, 0) is 0 Å². The predicted molar refractivity (Wildman–Crippen MR) is 57.5 cm³/mol. The van der Waals surface area contributed by atoms with Gasteiger partial charge in [0.25, 0.3) is 0 Å². The van der Waals surface area contributed by atoms with E-state index in [0.29, 0.717) is 0 Å². The van der Waals surface area contributed by atoms with E-state index in [0.717, 1.165) is 12.8 Å². The number of hydrogen-bond donors (Lipinski definition) is 1. The van der Waals surface area contributed by atoms with Gasteiger partial charge in [-0.15, -0.1) is 6.58 Å². The molecular weight excluding hydrogens is 158 g/mol. The average Bonchev–Trinajstić information content (AvgIpc) is 2.15. The highest BCUT2D eigenvalue weighted by Gasteiger charge is 2.03. The quantitative estimate of drug-likeness (QED) is 0.699. The summed E-state index contributed by atoms with van der Waals surface area (Å²) >= 11 is 0. The third-order valence-corrected chi connectivity index (χ3v) is 2.19. The van der Waals surface area contributed by atoms with Gasteiger partial charge in [0.05, 0.1) is 0 Å². The number of aryl methyl sites for hydroxylation is 1. The van der Waals surface area contributed by atoms with Crippen molar-refractivity contribution in [2.45, 2.75) is 25.8 Å². The van der Waals surface area contributed by atoms with E-state index in [9.17, 15) is 0 Å². The van der Waals surface area contributed by atoms with Crippen LogP contribution in [0.25, 0.3) is 0 Å². The molecule has 13 heavy (non-hydrogen) atoms. The van der Waals surface area contributed by atoms with Crippen LogP contribution in [0.4, 0.5) is 0 Å². The lowest BCUT2D eigenvalue weighted by molar-refractivity contribution is 0.661. The lowest BCUT2D eigenvalue weighted by Gasteiger charge is -2.10. The Labute approximate surface area is 80.3 Å². The first-order chi connectivity index (χ1) is 6.24. The molecular formula is C12H17N. The van der Waals surface area contributed by atoms with E-state index < -0.39 is 0 Å². The van der Waals surface area contributed by atoms with Gasteiger partial charge in [-0.05, 0) is 25.3 Å². The van der Waals surface area contributed by atoms with Gasteiger partial charge in [0.2, 0.25) is 0 Å². The highest BCUT2D eigenvalue weighted by molar-refractivity contribution is 5.23. The van der Waals surface area contributed by atoms with Crippen molar-refractivity contribution < 1.29 is 0 Å². The molecule has 1 heteroatoms. The van der Waals surface area contributed by atoms with Crippen molar-refractivity contribution in [3.05, 3.63) is 48.0 Å². The first-order valence-corrected chi connectivity index (χ1v) is 4.67. The van der Waals surface area contributed by atoms with E-state index in [1.54, 1.807) is 0 Å². The van der Waals surface area contributed by atoms with Crippen LogP contribution < -0.4 is 5.73 Å². The fourth-order valence-electron chi connectivity index (χ4n) is 1.28. The van der Waals surface area contributed by atoms with Crippen molar-refractivity contribution in [1.29, 1.82) is 0 Å². The van der Waals surface area contributed by atoms with Crippen molar-refractivity contribution >= 4 is 0 Å². The maximum atomic E-state index is 5.98. The topological polar surface area (TPSA) is 26.0 Å². The van der Waals surface area contributed by atoms with Gasteiger partial charge in [-0.1, -0.05) is 35.9 Å². The van der Waals surface area contributed by atoms with Gasteiger partial charge in [0.1, 0.15) is 0 Å². The number of hydrogen-bond acceptors (Lipinski definition) is 1. The summed E-state index contributed by atoms with van der Waals surface area (Å²) in [5, 5.41) is 0. The van der Waals surface area contributed by atoms with Gasteiger partial charge in [0.15, 0.2) is 0 Å². The Kier molecular flexibility index (Phi) is 3.71. The summed E-state index contributed by atoms with van der Waals surface area (Å²) in [6.07, 6.45) is 3.87. The minimum absolute atomic E-state index is 0.151. The van der Waals surface area contributed by atoms with E-state index in [-0.39, 0.29) is 6.04 Å². The molecule has 0 fully saturated rings. The van der Waals surface area contributed by atoms with E-state index in [4.69, 9.17) is 5.73 Å². The van der Waals surface area contributed by atoms with Crippen LogP contribution in [0, 0.1) is 6.92 Å². The second-order valence-corrected chi connectivity index (χ2v) is 3.38. The maximum absolute atomic E-state index is 5.98. The zero-order valence-corrected chi connectivity index (χ0v) is 8.16. The molecule has 0 bridgehead atoms. The molecule has 0 aliphatic rings. The number of allylic oxidation sites excluding steroid dienone is 1. The Bertz CT molecular complexity index is 261. The second-order valence-electron chi connectivity index (χ2n) is 3.38. The van der Waals surface area contributed by atoms with Crippen molar-refractivity contribution in [2.24, 2.45) is 5.73 Å². The molecule has 0 amide bonds. The minimum atomic E-state index is 0.151. The minimum Gasteiger partial charge on any atom is -0.324 e. The Morgan fingerprint density at radius 2 is 2.00 bits per heavy atom. The third kappa shape index (κ3) is 3.03. The Morgan fingerprint density at radius 1 is 1.38 bits per heavy atom. The molecule has 0 radical (unpaired) electrons. The molecule has 1 rings (SSSR count). The fraction of sp³-hybridized carbons (Fsp3) is 0.333. The first-order valence-electron chi connectivity index (χ1n) is 4.67. The predicted octanol–water partition coefficient (Wildman–Crippen LogP) is 2.96. The number of rotatable bonds is 4. The Balaban J connectivity index is 2.60. The monoisotopic (exact) mass is 175 g/mol. The van der Waals surface area contributed by atoms with Crippen molar-refractivity contribution in [3.63, 3.8) is 0 Å². The molecule has 0 unspecified atom stereocenters. The summed E-state index contributed by atoms with van der Waals surface area (Å²) in [6, 6.07) is 8.55. The number of benzene rings is 1. The second kappa shape index (κ2) is 4.83. The normalized spacial score (nSPS) is 12.5. The largest absolute Gasteiger partial charge is 0.324 e. The van der Waals surface area contributed by atoms with Gasteiger partial charge in [0, 0.05) is 6.04 Å². The lowest BCUT2D eigenvalue weighted by Crippen LogP contribution is -2.09. The van der Waals surface area contributed by atoms with Gasteiger partial charge < -0.3 is 5.73 Å². The van der Waals surface area contributed by atoms with Gasteiger partial charge in [-0.25, -0.2) is 0 Å². The molecule has 0 saturated carbocycles. The summed E-state index contributed by atoms with van der Waals surface area (Å²) < 4.78 is 0. The van der Waals surface area contributed by atoms with Crippen LogP contribution in [0.5, 0.6) is 0 Å². The van der Waals surface area contributed by atoms with Crippen LogP contribution in [-0.4, -0.2) is 0 Å². The van der Waals surface area contributed by atoms with Crippen LogP contribution in [0.3, 0.4) is 0 Å². The summed E-state index contributed by atoms with van der Waals surface area (Å²) in [5.41, 5.74) is 8.48.